The minimum Gasteiger partial charge on any atom is -0.444 e. The van der Waals surface area contributed by atoms with Crippen molar-refractivity contribution in [1.29, 1.82) is 0 Å². The highest BCUT2D eigenvalue weighted by molar-refractivity contribution is 14.0. The van der Waals surface area contributed by atoms with Crippen LogP contribution in [-0.4, -0.2) is 69.0 Å². The number of carbonyl (C=O) groups is 1. The Hall–Kier alpha value is -0.770. The number of amides is 1. The molecule has 7 nitrogen and oxygen atoms in total. The molecule has 1 fully saturated rings. The van der Waals surface area contributed by atoms with E-state index in [9.17, 15) is 4.79 Å². The predicted octanol–water partition coefficient (Wildman–Crippen LogP) is 3.48. The predicted molar refractivity (Wildman–Crippen MR) is 126 cm³/mol. The summed E-state index contributed by atoms with van der Waals surface area (Å²) in [6.45, 7) is 12.9. The van der Waals surface area contributed by atoms with Crippen molar-refractivity contribution < 1.29 is 14.3 Å². The summed E-state index contributed by atoms with van der Waals surface area (Å²) in [6.07, 6.45) is 3.07. The van der Waals surface area contributed by atoms with Gasteiger partial charge < -0.3 is 25.0 Å². The second-order valence-electron chi connectivity index (χ2n) is 8.70. The van der Waals surface area contributed by atoms with E-state index >= 15 is 0 Å². The fraction of sp³-hybridized carbons (Fsp3) is 0.900. The Morgan fingerprint density at radius 2 is 1.93 bits per heavy atom. The molecule has 1 saturated carbocycles. The molecule has 1 rings (SSSR count). The van der Waals surface area contributed by atoms with Gasteiger partial charge in [0, 0.05) is 39.8 Å². The number of nitrogens with one attached hydrogen (secondary N) is 2. The number of carbonyl (C=O) groups excluding carboxylic acids is 1. The van der Waals surface area contributed by atoms with Crippen LogP contribution >= 0.6 is 24.0 Å². The molecule has 1 atom stereocenters. The number of hydrogen-bond acceptors (Lipinski definition) is 4. The van der Waals surface area contributed by atoms with Crippen LogP contribution in [0.5, 0.6) is 0 Å². The van der Waals surface area contributed by atoms with E-state index in [0.29, 0.717) is 12.5 Å². The number of guanidine groups is 1. The second kappa shape index (κ2) is 13.5. The normalized spacial score (nSPS) is 15.6. The van der Waals surface area contributed by atoms with Crippen LogP contribution in [-0.2, 0) is 9.47 Å². The summed E-state index contributed by atoms with van der Waals surface area (Å²) in [5.41, 5.74) is -0.490. The third-order valence-corrected chi connectivity index (χ3v) is 4.44. The van der Waals surface area contributed by atoms with Gasteiger partial charge in [-0.2, -0.15) is 0 Å². The molecule has 1 unspecified atom stereocenters. The summed E-state index contributed by atoms with van der Waals surface area (Å²) in [5.74, 6) is 1.94. The lowest BCUT2D eigenvalue weighted by Crippen LogP contribution is -2.45. The summed E-state index contributed by atoms with van der Waals surface area (Å²) in [4.78, 5) is 18.5. The lowest BCUT2D eigenvalue weighted by Gasteiger charge is -2.28. The van der Waals surface area contributed by atoms with E-state index < -0.39 is 5.60 Å². The molecule has 0 aliphatic heterocycles. The monoisotopic (exact) mass is 512 g/mol. The summed E-state index contributed by atoms with van der Waals surface area (Å²) < 4.78 is 11.0. The van der Waals surface area contributed by atoms with E-state index in [1.807, 2.05) is 27.8 Å². The van der Waals surface area contributed by atoms with Gasteiger partial charge >= 0.3 is 6.09 Å². The first-order valence-corrected chi connectivity index (χ1v) is 10.1. The van der Waals surface area contributed by atoms with Crippen LogP contribution in [0, 0.1) is 11.8 Å². The van der Waals surface area contributed by atoms with E-state index in [4.69, 9.17) is 9.47 Å². The zero-order valence-corrected chi connectivity index (χ0v) is 21.0. The van der Waals surface area contributed by atoms with Crippen molar-refractivity contribution in [3.8, 4) is 0 Å². The highest BCUT2D eigenvalue weighted by Gasteiger charge is 2.22. The van der Waals surface area contributed by atoms with Gasteiger partial charge in [0.2, 0.25) is 0 Å². The molecule has 0 radical (unpaired) electrons. The summed E-state index contributed by atoms with van der Waals surface area (Å²) in [7, 11) is 3.79. The smallest absolute Gasteiger partial charge is 0.407 e. The maximum absolute atomic E-state index is 12.1. The molecule has 166 valence electrons. The fourth-order valence-electron chi connectivity index (χ4n) is 2.62. The SMILES string of the molecule is CN=C(NCCOCC1CC1)N(C)CCC(NC(=O)OC(C)(C)C)C(C)C.I. The van der Waals surface area contributed by atoms with E-state index in [1.54, 1.807) is 7.05 Å². The molecule has 1 aliphatic carbocycles. The van der Waals surface area contributed by atoms with Crippen LogP contribution in [0.25, 0.3) is 0 Å². The van der Waals surface area contributed by atoms with Crippen LogP contribution in [0.15, 0.2) is 4.99 Å². The van der Waals surface area contributed by atoms with Gasteiger partial charge in [0.15, 0.2) is 5.96 Å². The number of alkyl carbamates (subject to hydrolysis) is 1. The van der Waals surface area contributed by atoms with Gasteiger partial charge in [-0.15, -0.1) is 24.0 Å². The van der Waals surface area contributed by atoms with E-state index in [2.05, 4.69) is 34.4 Å². The third-order valence-electron chi connectivity index (χ3n) is 4.44. The van der Waals surface area contributed by atoms with Crippen molar-refractivity contribution in [2.45, 2.75) is 65.5 Å². The zero-order chi connectivity index (χ0) is 20.4. The van der Waals surface area contributed by atoms with Crippen molar-refractivity contribution in [2.75, 3.05) is 40.4 Å². The van der Waals surface area contributed by atoms with Gasteiger partial charge in [0.25, 0.3) is 0 Å². The molecule has 0 aromatic rings. The van der Waals surface area contributed by atoms with Crippen molar-refractivity contribution in [2.24, 2.45) is 16.8 Å². The first-order chi connectivity index (χ1) is 12.6. The Balaban J connectivity index is 0.00000729. The molecule has 0 heterocycles. The lowest BCUT2D eigenvalue weighted by atomic mass is 10.0. The van der Waals surface area contributed by atoms with Crippen molar-refractivity contribution in [3.05, 3.63) is 0 Å². The van der Waals surface area contributed by atoms with Crippen LogP contribution < -0.4 is 10.6 Å². The molecule has 1 amide bonds. The van der Waals surface area contributed by atoms with E-state index in [1.165, 1.54) is 12.8 Å². The highest BCUT2D eigenvalue weighted by Crippen LogP contribution is 2.28. The number of ether oxygens (including phenoxy) is 2. The molecule has 0 aromatic carbocycles. The standard InChI is InChI=1S/C20H40N4O3.HI/c1-15(2)17(23-19(25)27-20(3,4)5)10-12-24(7)18(21-6)22-11-13-26-14-16-8-9-16;/h15-17H,8-14H2,1-7H3,(H,21,22)(H,23,25);1H. The highest BCUT2D eigenvalue weighted by atomic mass is 127. The van der Waals surface area contributed by atoms with Crippen molar-refractivity contribution in [1.82, 2.24) is 15.5 Å². The molecule has 2 N–H and O–H groups in total. The first-order valence-electron chi connectivity index (χ1n) is 10.1. The second-order valence-corrected chi connectivity index (χ2v) is 8.70. The van der Waals surface area contributed by atoms with Gasteiger partial charge in [-0.1, -0.05) is 13.8 Å². The largest absolute Gasteiger partial charge is 0.444 e. The maximum Gasteiger partial charge on any atom is 0.407 e. The van der Waals surface area contributed by atoms with Gasteiger partial charge in [0.05, 0.1) is 6.61 Å². The molecular weight excluding hydrogens is 471 g/mol. The van der Waals surface area contributed by atoms with Gasteiger partial charge in [-0.25, -0.2) is 4.79 Å². The molecule has 0 saturated heterocycles. The fourth-order valence-corrected chi connectivity index (χ4v) is 2.62. The Labute approximate surface area is 188 Å². The zero-order valence-electron chi connectivity index (χ0n) is 18.7. The third kappa shape index (κ3) is 12.6. The Bertz CT molecular complexity index is 477. The molecule has 0 bridgehead atoms. The number of nitrogens with zero attached hydrogens (tertiary/aromatic N) is 2. The quantitative estimate of drug-likeness (QED) is 0.203. The molecule has 0 aromatic heterocycles. The summed E-state index contributed by atoms with van der Waals surface area (Å²) in [5, 5.41) is 6.32. The van der Waals surface area contributed by atoms with Crippen molar-refractivity contribution in [3.63, 3.8) is 0 Å². The van der Waals surface area contributed by atoms with Crippen molar-refractivity contribution >= 4 is 36.0 Å². The Morgan fingerprint density at radius 3 is 2.43 bits per heavy atom. The van der Waals surface area contributed by atoms with Gasteiger partial charge in [-0.05, 0) is 51.9 Å². The summed E-state index contributed by atoms with van der Waals surface area (Å²) in [6, 6.07) is 0.0438. The first kappa shape index (κ1) is 27.2. The van der Waals surface area contributed by atoms with Crippen LogP contribution in [0.1, 0.15) is 53.9 Å². The molecule has 8 heteroatoms. The number of halogens is 1. The number of rotatable bonds is 10. The molecular formula is C20H41IN4O3. The summed E-state index contributed by atoms with van der Waals surface area (Å²) >= 11 is 0. The average molecular weight is 512 g/mol. The molecule has 1 aliphatic rings. The van der Waals surface area contributed by atoms with E-state index in [0.717, 1.165) is 38.0 Å². The Kier molecular flexibility index (Phi) is 13.1. The van der Waals surface area contributed by atoms with Gasteiger partial charge in [-0.3, -0.25) is 4.99 Å². The minimum atomic E-state index is -0.490. The number of aliphatic imine (C=N–C) groups is 1. The molecule has 0 spiro atoms. The van der Waals surface area contributed by atoms with Crippen LogP contribution in [0.2, 0.25) is 0 Å². The topological polar surface area (TPSA) is 75.2 Å². The lowest BCUT2D eigenvalue weighted by molar-refractivity contribution is 0.0485. The average Bonchev–Trinajstić information content (AvgIpc) is 3.36. The molecule has 28 heavy (non-hydrogen) atoms. The minimum absolute atomic E-state index is 0. The van der Waals surface area contributed by atoms with E-state index in [-0.39, 0.29) is 36.1 Å². The van der Waals surface area contributed by atoms with Crippen LogP contribution in [0.4, 0.5) is 4.79 Å². The maximum atomic E-state index is 12.1. The van der Waals surface area contributed by atoms with Crippen LogP contribution in [0.3, 0.4) is 0 Å². The Morgan fingerprint density at radius 1 is 1.29 bits per heavy atom. The number of hydrogen-bond donors (Lipinski definition) is 2. The van der Waals surface area contributed by atoms with Gasteiger partial charge in [0.1, 0.15) is 5.60 Å².